The average Bonchev–Trinajstić information content (AvgIpc) is 3.11. The Labute approximate surface area is 167 Å². The lowest BCUT2D eigenvalue weighted by molar-refractivity contribution is -0.119. The van der Waals surface area contributed by atoms with Gasteiger partial charge in [0.25, 0.3) is 5.22 Å². The van der Waals surface area contributed by atoms with Gasteiger partial charge in [0.05, 0.1) is 11.8 Å². The van der Waals surface area contributed by atoms with Crippen LogP contribution in [0.2, 0.25) is 5.02 Å². The Bertz CT molecular complexity index is 958. The molecule has 0 saturated heterocycles. The molecule has 1 aromatic heterocycles. The van der Waals surface area contributed by atoms with Crippen LogP contribution in [0, 0.1) is 13.8 Å². The standard InChI is InChI=1S/C20H20ClN3O2S/c1-12-8-9-15(10-13(12)2)19-23-24-20(26-19)27-11-18(25)22-14(3)16-6-4-5-7-17(16)21/h4-10,14H,11H2,1-3H3,(H,22,25)/t14-/m1/s1. The molecule has 1 amide bonds. The van der Waals surface area contributed by atoms with Crippen LogP contribution >= 0.6 is 23.4 Å². The number of benzene rings is 2. The van der Waals surface area contributed by atoms with E-state index in [-0.39, 0.29) is 17.7 Å². The Balaban J connectivity index is 1.57. The molecule has 1 heterocycles. The maximum absolute atomic E-state index is 12.2. The van der Waals surface area contributed by atoms with E-state index in [9.17, 15) is 4.79 Å². The summed E-state index contributed by atoms with van der Waals surface area (Å²) in [5, 5.41) is 12.0. The summed E-state index contributed by atoms with van der Waals surface area (Å²) >= 11 is 7.37. The van der Waals surface area contributed by atoms with Crippen molar-refractivity contribution in [1.29, 1.82) is 0 Å². The summed E-state index contributed by atoms with van der Waals surface area (Å²) in [4.78, 5) is 12.2. The SMILES string of the molecule is Cc1ccc(-c2nnc(SCC(=O)N[C@H](C)c3ccccc3Cl)o2)cc1C. The Kier molecular flexibility index (Phi) is 6.19. The van der Waals surface area contributed by atoms with Gasteiger partial charge in [-0.3, -0.25) is 4.79 Å². The third-order valence-electron chi connectivity index (χ3n) is 4.24. The number of rotatable bonds is 6. The van der Waals surface area contributed by atoms with E-state index >= 15 is 0 Å². The van der Waals surface area contributed by atoms with Crippen LogP contribution in [0.25, 0.3) is 11.5 Å². The van der Waals surface area contributed by atoms with Crippen molar-refractivity contribution in [1.82, 2.24) is 15.5 Å². The van der Waals surface area contributed by atoms with E-state index in [1.165, 1.54) is 17.3 Å². The lowest BCUT2D eigenvalue weighted by atomic mass is 10.1. The van der Waals surface area contributed by atoms with Crippen molar-refractivity contribution in [2.75, 3.05) is 5.75 Å². The number of hydrogen-bond donors (Lipinski definition) is 1. The predicted octanol–water partition coefficient (Wildman–Crippen LogP) is 4.98. The summed E-state index contributed by atoms with van der Waals surface area (Å²) < 4.78 is 5.66. The fraction of sp³-hybridized carbons (Fsp3) is 0.250. The molecule has 5 nitrogen and oxygen atoms in total. The zero-order chi connectivity index (χ0) is 19.4. The van der Waals surface area contributed by atoms with Crippen LogP contribution in [0.3, 0.4) is 0 Å². The number of nitrogens with one attached hydrogen (secondary N) is 1. The molecule has 0 bridgehead atoms. The van der Waals surface area contributed by atoms with Crippen LogP contribution < -0.4 is 5.32 Å². The van der Waals surface area contributed by atoms with Crippen molar-refractivity contribution in [2.45, 2.75) is 32.0 Å². The Hall–Kier alpha value is -2.31. The minimum Gasteiger partial charge on any atom is -0.411 e. The summed E-state index contributed by atoms with van der Waals surface area (Å²) in [6.45, 7) is 5.99. The normalized spacial score (nSPS) is 12.0. The summed E-state index contributed by atoms with van der Waals surface area (Å²) in [7, 11) is 0. The van der Waals surface area contributed by atoms with E-state index in [1.807, 2.05) is 50.2 Å². The third kappa shape index (κ3) is 4.90. The molecular weight excluding hydrogens is 382 g/mol. The second kappa shape index (κ2) is 8.59. The zero-order valence-electron chi connectivity index (χ0n) is 15.3. The minimum absolute atomic E-state index is 0.127. The number of carbonyl (C=O) groups excluding carboxylic acids is 1. The van der Waals surface area contributed by atoms with Crippen molar-refractivity contribution >= 4 is 29.3 Å². The highest BCUT2D eigenvalue weighted by molar-refractivity contribution is 7.99. The van der Waals surface area contributed by atoms with Gasteiger partial charge >= 0.3 is 0 Å². The van der Waals surface area contributed by atoms with Crippen LogP contribution in [0.15, 0.2) is 52.1 Å². The van der Waals surface area contributed by atoms with Gasteiger partial charge in [-0.15, -0.1) is 10.2 Å². The number of halogens is 1. The lowest BCUT2D eigenvalue weighted by Gasteiger charge is -2.15. The number of amides is 1. The van der Waals surface area contributed by atoms with Gasteiger partial charge in [-0.05, 0) is 55.7 Å². The first-order valence-corrected chi connectivity index (χ1v) is 9.88. The van der Waals surface area contributed by atoms with Gasteiger partial charge in [-0.25, -0.2) is 0 Å². The number of nitrogens with zero attached hydrogens (tertiary/aromatic N) is 2. The summed E-state index contributed by atoms with van der Waals surface area (Å²) in [6.07, 6.45) is 0. The van der Waals surface area contributed by atoms with Crippen molar-refractivity contribution < 1.29 is 9.21 Å². The summed E-state index contributed by atoms with van der Waals surface area (Å²) in [5.74, 6) is 0.507. The van der Waals surface area contributed by atoms with Crippen LogP contribution in [0.1, 0.15) is 29.7 Å². The second-order valence-corrected chi connectivity index (χ2v) is 7.61. The first kappa shape index (κ1) is 19.5. The minimum atomic E-state index is -0.180. The summed E-state index contributed by atoms with van der Waals surface area (Å²) in [5.41, 5.74) is 4.12. The molecule has 7 heteroatoms. The number of thioether (sulfide) groups is 1. The Morgan fingerprint density at radius 1 is 1.19 bits per heavy atom. The monoisotopic (exact) mass is 401 g/mol. The van der Waals surface area contributed by atoms with Gasteiger partial charge < -0.3 is 9.73 Å². The molecule has 140 valence electrons. The van der Waals surface area contributed by atoms with Crippen LogP contribution in [-0.4, -0.2) is 21.9 Å². The molecule has 0 saturated carbocycles. The zero-order valence-corrected chi connectivity index (χ0v) is 16.9. The van der Waals surface area contributed by atoms with E-state index < -0.39 is 0 Å². The van der Waals surface area contributed by atoms with E-state index in [1.54, 1.807) is 6.07 Å². The first-order chi connectivity index (χ1) is 12.9. The van der Waals surface area contributed by atoms with Crippen LogP contribution in [0.4, 0.5) is 0 Å². The Morgan fingerprint density at radius 2 is 1.96 bits per heavy atom. The fourth-order valence-corrected chi connectivity index (χ4v) is 3.45. The largest absolute Gasteiger partial charge is 0.411 e. The van der Waals surface area contributed by atoms with Gasteiger partial charge in [0.1, 0.15) is 0 Å². The quantitative estimate of drug-likeness (QED) is 0.590. The highest BCUT2D eigenvalue weighted by atomic mass is 35.5. The van der Waals surface area contributed by atoms with Crippen molar-refractivity contribution in [3.05, 3.63) is 64.2 Å². The molecule has 0 aliphatic carbocycles. The Morgan fingerprint density at radius 3 is 2.70 bits per heavy atom. The van der Waals surface area contributed by atoms with Crippen LogP contribution in [-0.2, 0) is 4.79 Å². The van der Waals surface area contributed by atoms with Gasteiger partial charge in [0.2, 0.25) is 11.8 Å². The first-order valence-electron chi connectivity index (χ1n) is 8.52. The van der Waals surface area contributed by atoms with Crippen molar-refractivity contribution in [3.63, 3.8) is 0 Å². The maximum Gasteiger partial charge on any atom is 0.277 e. The fourth-order valence-electron chi connectivity index (χ4n) is 2.57. The molecule has 0 aliphatic heterocycles. The third-order valence-corrected chi connectivity index (χ3v) is 5.40. The molecule has 0 radical (unpaired) electrons. The molecule has 0 unspecified atom stereocenters. The highest BCUT2D eigenvalue weighted by Crippen LogP contribution is 2.25. The molecule has 0 fully saturated rings. The number of aryl methyl sites for hydroxylation is 2. The topological polar surface area (TPSA) is 68.0 Å². The molecule has 3 rings (SSSR count). The van der Waals surface area contributed by atoms with E-state index in [2.05, 4.69) is 22.4 Å². The molecule has 27 heavy (non-hydrogen) atoms. The van der Waals surface area contributed by atoms with Gasteiger partial charge in [0.15, 0.2) is 0 Å². The molecule has 0 spiro atoms. The number of aromatic nitrogens is 2. The highest BCUT2D eigenvalue weighted by Gasteiger charge is 2.15. The van der Waals surface area contributed by atoms with E-state index in [0.29, 0.717) is 16.1 Å². The van der Waals surface area contributed by atoms with Crippen LogP contribution in [0.5, 0.6) is 0 Å². The van der Waals surface area contributed by atoms with Crippen molar-refractivity contribution in [2.24, 2.45) is 0 Å². The van der Waals surface area contributed by atoms with E-state index in [4.69, 9.17) is 16.0 Å². The van der Waals surface area contributed by atoms with Gasteiger partial charge in [0, 0.05) is 10.6 Å². The molecule has 0 aliphatic rings. The smallest absolute Gasteiger partial charge is 0.277 e. The van der Waals surface area contributed by atoms with Gasteiger partial charge in [-0.1, -0.05) is 47.6 Å². The summed E-state index contributed by atoms with van der Waals surface area (Å²) in [6, 6.07) is 13.3. The van der Waals surface area contributed by atoms with Gasteiger partial charge in [-0.2, -0.15) is 0 Å². The van der Waals surface area contributed by atoms with Crippen molar-refractivity contribution in [3.8, 4) is 11.5 Å². The predicted molar refractivity (Wildman–Crippen MR) is 108 cm³/mol. The molecule has 1 N–H and O–H groups in total. The lowest BCUT2D eigenvalue weighted by Crippen LogP contribution is -2.28. The maximum atomic E-state index is 12.2. The number of carbonyl (C=O) groups is 1. The second-order valence-electron chi connectivity index (χ2n) is 6.27. The van der Waals surface area contributed by atoms with E-state index in [0.717, 1.165) is 16.7 Å². The molecule has 3 aromatic rings. The number of hydrogen-bond acceptors (Lipinski definition) is 5. The molecule has 2 aromatic carbocycles. The molecule has 1 atom stereocenters. The molecular formula is C20H20ClN3O2S. The average molecular weight is 402 g/mol.